The minimum Gasteiger partial charge on any atom is -0.356 e. The van der Waals surface area contributed by atoms with Crippen LogP contribution in [0.3, 0.4) is 0 Å². The molecule has 2 heterocycles. The number of hydrogen-bond acceptors (Lipinski definition) is 3. The summed E-state index contributed by atoms with van der Waals surface area (Å²) < 4.78 is 18.6. The maximum Gasteiger partial charge on any atom is 0.223 e. The molecular formula is C20H25FN2O2. The number of carbonyl (C=O) groups is 1. The number of likely N-dealkylation sites (tertiary alicyclic amines) is 1. The van der Waals surface area contributed by atoms with Gasteiger partial charge in [-0.2, -0.15) is 0 Å². The maximum atomic E-state index is 13.1. The van der Waals surface area contributed by atoms with Crippen molar-refractivity contribution in [3.63, 3.8) is 0 Å². The van der Waals surface area contributed by atoms with Gasteiger partial charge in [-0.05, 0) is 43.0 Å². The van der Waals surface area contributed by atoms with Crippen LogP contribution in [0.25, 0.3) is 11.3 Å². The van der Waals surface area contributed by atoms with Crippen LogP contribution in [0.1, 0.15) is 57.7 Å². The van der Waals surface area contributed by atoms with Crippen molar-refractivity contribution in [3.8, 4) is 11.3 Å². The van der Waals surface area contributed by atoms with Crippen molar-refractivity contribution in [3.05, 3.63) is 41.8 Å². The molecule has 0 saturated carbocycles. The Morgan fingerprint density at radius 2 is 2.04 bits per heavy atom. The lowest BCUT2D eigenvalue weighted by Gasteiger charge is -2.29. The van der Waals surface area contributed by atoms with E-state index in [1.54, 1.807) is 12.1 Å². The first-order valence-corrected chi connectivity index (χ1v) is 9.06. The molecule has 0 N–H and O–H groups in total. The van der Waals surface area contributed by atoms with E-state index in [-0.39, 0.29) is 17.8 Å². The molecule has 2 aromatic rings. The van der Waals surface area contributed by atoms with Gasteiger partial charge in [0.15, 0.2) is 5.76 Å². The molecule has 0 bridgehead atoms. The van der Waals surface area contributed by atoms with Gasteiger partial charge in [0.25, 0.3) is 0 Å². The summed E-state index contributed by atoms with van der Waals surface area (Å²) in [5, 5.41) is 4.23. The summed E-state index contributed by atoms with van der Waals surface area (Å²) in [6.45, 7) is 4.90. The molecule has 1 unspecified atom stereocenters. The van der Waals surface area contributed by atoms with E-state index in [2.05, 4.69) is 19.0 Å². The fourth-order valence-electron chi connectivity index (χ4n) is 3.38. The van der Waals surface area contributed by atoms with Crippen LogP contribution < -0.4 is 0 Å². The van der Waals surface area contributed by atoms with E-state index >= 15 is 0 Å². The molecule has 5 heteroatoms. The minimum atomic E-state index is -0.280. The van der Waals surface area contributed by atoms with Crippen molar-refractivity contribution >= 4 is 5.91 Å². The molecule has 0 aliphatic carbocycles. The third kappa shape index (κ3) is 4.27. The summed E-state index contributed by atoms with van der Waals surface area (Å²) >= 11 is 0. The van der Waals surface area contributed by atoms with Gasteiger partial charge >= 0.3 is 0 Å². The number of amides is 1. The Balaban J connectivity index is 1.84. The first-order valence-electron chi connectivity index (χ1n) is 9.06. The highest BCUT2D eigenvalue weighted by atomic mass is 19.1. The summed E-state index contributed by atoms with van der Waals surface area (Å²) in [6, 6.07) is 8.01. The Bertz CT molecular complexity index is 709. The normalized spacial score (nSPS) is 18.4. The molecule has 1 amide bonds. The van der Waals surface area contributed by atoms with Crippen LogP contribution in [-0.4, -0.2) is 22.5 Å². The zero-order valence-electron chi connectivity index (χ0n) is 14.9. The van der Waals surface area contributed by atoms with Crippen LogP contribution in [-0.2, 0) is 4.79 Å². The topological polar surface area (TPSA) is 46.3 Å². The first-order chi connectivity index (χ1) is 12.0. The van der Waals surface area contributed by atoms with Crippen LogP contribution in [0.2, 0.25) is 0 Å². The molecule has 1 saturated heterocycles. The number of benzene rings is 1. The predicted molar refractivity (Wildman–Crippen MR) is 94.3 cm³/mol. The van der Waals surface area contributed by atoms with Gasteiger partial charge < -0.3 is 9.42 Å². The average molecular weight is 344 g/mol. The van der Waals surface area contributed by atoms with Gasteiger partial charge in [-0.3, -0.25) is 4.79 Å². The third-order valence-electron chi connectivity index (χ3n) is 4.65. The van der Waals surface area contributed by atoms with Gasteiger partial charge in [0.1, 0.15) is 11.5 Å². The molecule has 1 aliphatic heterocycles. The summed E-state index contributed by atoms with van der Waals surface area (Å²) in [6.07, 6.45) is 4.70. The molecule has 134 valence electrons. The quantitative estimate of drug-likeness (QED) is 0.786. The van der Waals surface area contributed by atoms with E-state index in [9.17, 15) is 9.18 Å². The van der Waals surface area contributed by atoms with E-state index in [1.807, 2.05) is 11.0 Å². The second-order valence-corrected chi connectivity index (χ2v) is 7.17. The molecule has 0 radical (unpaired) electrons. The SMILES string of the molecule is CC(C)CC(=O)N1CCCCCC1c1cc(-c2ccc(F)cc2)on1. The van der Waals surface area contributed by atoms with Crippen molar-refractivity contribution in [2.45, 2.75) is 52.0 Å². The largest absolute Gasteiger partial charge is 0.356 e. The standard InChI is InChI=1S/C20H25FN2O2/c1-14(2)12-20(24)23-11-5-3-4-6-18(23)17-13-19(25-22-17)15-7-9-16(21)10-8-15/h7-10,13-14,18H,3-6,11-12H2,1-2H3. The van der Waals surface area contributed by atoms with E-state index in [4.69, 9.17) is 4.52 Å². The number of rotatable bonds is 4. The first kappa shape index (κ1) is 17.6. The van der Waals surface area contributed by atoms with Gasteiger partial charge in [0.2, 0.25) is 5.91 Å². The van der Waals surface area contributed by atoms with Crippen LogP contribution >= 0.6 is 0 Å². The van der Waals surface area contributed by atoms with E-state index in [0.29, 0.717) is 18.1 Å². The van der Waals surface area contributed by atoms with Gasteiger partial charge in [-0.15, -0.1) is 0 Å². The molecular weight excluding hydrogens is 319 g/mol. The summed E-state index contributed by atoms with van der Waals surface area (Å²) in [5.74, 6) is 0.852. The molecule has 1 aromatic carbocycles. The number of nitrogens with zero attached hydrogens (tertiary/aromatic N) is 2. The van der Waals surface area contributed by atoms with Gasteiger partial charge in [0, 0.05) is 24.6 Å². The van der Waals surface area contributed by atoms with E-state index < -0.39 is 0 Å². The van der Waals surface area contributed by atoms with Gasteiger partial charge in [0.05, 0.1) is 6.04 Å². The Kier molecular flexibility index (Phi) is 5.51. The van der Waals surface area contributed by atoms with Gasteiger partial charge in [-0.1, -0.05) is 31.8 Å². The van der Waals surface area contributed by atoms with E-state index in [0.717, 1.165) is 43.5 Å². The van der Waals surface area contributed by atoms with Crippen LogP contribution in [0.5, 0.6) is 0 Å². The Hall–Kier alpha value is -2.17. The molecule has 25 heavy (non-hydrogen) atoms. The van der Waals surface area contributed by atoms with Crippen molar-refractivity contribution in [2.24, 2.45) is 5.92 Å². The highest BCUT2D eigenvalue weighted by molar-refractivity contribution is 5.77. The van der Waals surface area contributed by atoms with Crippen molar-refractivity contribution in [1.29, 1.82) is 0 Å². The molecule has 1 atom stereocenters. The number of carbonyl (C=O) groups excluding carboxylic acids is 1. The van der Waals surface area contributed by atoms with E-state index in [1.165, 1.54) is 12.1 Å². The van der Waals surface area contributed by atoms with Crippen LogP contribution in [0.15, 0.2) is 34.9 Å². The second kappa shape index (κ2) is 7.81. The van der Waals surface area contributed by atoms with Crippen molar-refractivity contribution in [2.75, 3.05) is 6.54 Å². The van der Waals surface area contributed by atoms with Crippen LogP contribution in [0.4, 0.5) is 4.39 Å². The van der Waals surface area contributed by atoms with Crippen LogP contribution in [0, 0.1) is 11.7 Å². The average Bonchev–Trinajstić information content (AvgIpc) is 2.92. The highest BCUT2D eigenvalue weighted by Crippen LogP contribution is 2.33. The predicted octanol–water partition coefficient (Wildman–Crippen LogP) is 4.97. The monoisotopic (exact) mass is 344 g/mol. The summed E-state index contributed by atoms with van der Waals surface area (Å²) in [4.78, 5) is 14.7. The van der Waals surface area contributed by atoms with Crippen molar-refractivity contribution in [1.82, 2.24) is 10.1 Å². The zero-order valence-corrected chi connectivity index (χ0v) is 14.9. The fraction of sp³-hybridized carbons (Fsp3) is 0.500. The lowest BCUT2D eigenvalue weighted by atomic mass is 10.0. The Morgan fingerprint density at radius 3 is 2.76 bits per heavy atom. The third-order valence-corrected chi connectivity index (χ3v) is 4.65. The molecule has 1 fully saturated rings. The second-order valence-electron chi connectivity index (χ2n) is 7.17. The molecule has 0 spiro atoms. The zero-order chi connectivity index (χ0) is 17.8. The Labute approximate surface area is 148 Å². The lowest BCUT2D eigenvalue weighted by molar-refractivity contribution is -0.134. The van der Waals surface area contributed by atoms with Gasteiger partial charge in [-0.25, -0.2) is 4.39 Å². The smallest absolute Gasteiger partial charge is 0.223 e. The number of halogens is 1. The Morgan fingerprint density at radius 1 is 1.28 bits per heavy atom. The summed E-state index contributed by atoms with van der Waals surface area (Å²) in [5.41, 5.74) is 1.58. The molecule has 4 nitrogen and oxygen atoms in total. The number of aromatic nitrogens is 1. The van der Waals surface area contributed by atoms with Crippen molar-refractivity contribution < 1.29 is 13.7 Å². The summed E-state index contributed by atoms with van der Waals surface area (Å²) in [7, 11) is 0. The highest BCUT2D eigenvalue weighted by Gasteiger charge is 2.29. The minimum absolute atomic E-state index is 0.0355. The maximum absolute atomic E-state index is 13.1. The number of hydrogen-bond donors (Lipinski definition) is 0. The lowest BCUT2D eigenvalue weighted by Crippen LogP contribution is -2.35. The fourth-order valence-corrected chi connectivity index (χ4v) is 3.38. The molecule has 1 aromatic heterocycles. The molecule has 3 rings (SSSR count). The molecule has 1 aliphatic rings.